The van der Waals surface area contributed by atoms with Gasteiger partial charge in [-0.25, -0.2) is 0 Å². The van der Waals surface area contributed by atoms with Crippen LogP contribution in [0.1, 0.15) is 23.3 Å². The van der Waals surface area contributed by atoms with Crippen LogP contribution in [0.2, 0.25) is 4.34 Å². The minimum absolute atomic E-state index is 0.156. The summed E-state index contributed by atoms with van der Waals surface area (Å²) in [5, 5.41) is 3.62. The van der Waals surface area contributed by atoms with Crippen molar-refractivity contribution in [3.8, 4) is 0 Å². The molecule has 1 aromatic heterocycles. The van der Waals surface area contributed by atoms with E-state index in [1.54, 1.807) is 11.3 Å². The molecular weight excluding hydrogens is 382 g/mol. The minimum Gasteiger partial charge on any atom is -0.381 e. The molecule has 2 nitrogen and oxygen atoms in total. The normalized spacial score (nSPS) is 17.5. The van der Waals surface area contributed by atoms with E-state index in [9.17, 15) is 0 Å². The molecule has 22 heavy (non-hydrogen) atoms. The summed E-state index contributed by atoms with van der Waals surface area (Å²) in [5.74, 6) is 0. The molecule has 0 atom stereocenters. The van der Waals surface area contributed by atoms with Crippen LogP contribution in [-0.4, -0.2) is 19.8 Å². The molecule has 118 valence electrons. The Morgan fingerprint density at radius 2 is 2.05 bits per heavy atom. The Balaban J connectivity index is 1.72. The zero-order valence-corrected chi connectivity index (χ0v) is 15.4. The first kappa shape index (κ1) is 16.5. The second kappa shape index (κ2) is 7.45. The van der Waals surface area contributed by atoms with Crippen molar-refractivity contribution in [2.75, 3.05) is 19.8 Å². The van der Waals surface area contributed by atoms with E-state index in [2.05, 4.69) is 51.6 Å². The summed E-state index contributed by atoms with van der Waals surface area (Å²) in [6.07, 6.45) is 2.11. The Morgan fingerprint density at radius 3 is 2.73 bits per heavy atom. The van der Waals surface area contributed by atoms with Gasteiger partial charge in [0.05, 0.1) is 4.34 Å². The molecule has 0 amide bonds. The van der Waals surface area contributed by atoms with E-state index in [0.29, 0.717) is 0 Å². The van der Waals surface area contributed by atoms with Gasteiger partial charge in [-0.05, 0) is 42.7 Å². The highest BCUT2D eigenvalue weighted by atomic mass is 79.9. The molecule has 1 N–H and O–H groups in total. The number of rotatable bonds is 5. The Kier molecular flexibility index (Phi) is 5.58. The maximum absolute atomic E-state index is 6.00. The lowest BCUT2D eigenvalue weighted by molar-refractivity contribution is 0.0498. The molecule has 2 aromatic rings. The van der Waals surface area contributed by atoms with E-state index in [0.717, 1.165) is 48.0 Å². The SMILES string of the molecule is Clc1ccc(CNCC2(c3cccc(Br)c3)CCOCC2)s1. The largest absolute Gasteiger partial charge is 0.381 e. The van der Waals surface area contributed by atoms with E-state index in [4.69, 9.17) is 16.3 Å². The quantitative estimate of drug-likeness (QED) is 0.762. The van der Waals surface area contributed by atoms with Gasteiger partial charge in [-0.3, -0.25) is 0 Å². The molecule has 3 rings (SSSR count). The van der Waals surface area contributed by atoms with Crippen LogP contribution < -0.4 is 5.32 Å². The van der Waals surface area contributed by atoms with Crippen molar-refractivity contribution < 1.29 is 4.74 Å². The number of ether oxygens (including phenoxy) is 1. The van der Waals surface area contributed by atoms with Gasteiger partial charge in [-0.1, -0.05) is 39.7 Å². The lowest BCUT2D eigenvalue weighted by Gasteiger charge is -2.38. The van der Waals surface area contributed by atoms with Crippen LogP contribution in [0.5, 0.6) is 0 Å². The van der Waals surface area contributed by atoms with Crippen molar-refractivity contribution in [3.05, 3.63) is 55.6 Å². The van der Waals surface area contributed by atoms with Gasteiger partial charge in [-0.2, -0.15) is 0 Å². The van der Waals surface area contributed by atoms with Gasteiger partial charge in [-0.15, -0.1) is 11.3 Å². The Morgan fingerprint density at radius 1 is 1.23 bits per heavy atom. The van der Waals surface area contributed by atoms with Crippen molar-refractivity contribution in [3.63, 3.8) is 0 Å². The lowest BCUT2D eigenvalue weighted by Crippen LogP contribution is -2.42. The Labute approximate surface area is 149 Å². The van der Waals surface area contributed by atoms with Gasteiger partial charge < -0.3 is 10.1 Å². The number of halogens is 2. The van der Waals surface area contributed by atoms with Gasteiger partial charge in [0.25, 0.3) is 0 Å². The molecule has 5 heteroatoms. The number of hydrogen-bond acceptors (Lipinski definition) is 3. The molecule has 0 radical (unpaired) electrons. The molecule has 0 saturated carbocycles. The minimum atomic E-state index is 0.156. The summed E-state index contributed by atoms with van der Waals surface area (Å²) in [5.41, 5.74) is 1.55. The number of nitrogens with one attached hydrogen (secondary N) is 1. The fourth-order valence-electron chi connectivity index (χ4n) is 3.02. The fourth-order valence-corrected chi connectivity index (χ4v) is 4.48. The topological polar surface area (TPSA) is 21.3 Å². The average molecular weight is 401 g/mol. The molecule has 1 aromatic carbocycles. The first-order valence-corrected chi connectivity index (χ1v) is 9.45. The van der Waals surface area contributed by atoms with Gasteiger partial charge in [0.1, 0.15) is 0 Å². The highest BCUT2D eigenvalue weighted by Gasteiger charge is 2.34. The van der Waals surface area contributed by atoms with Crippen LogP contribution in [-0.2, 0) is 16.7 Å². The molecule has 1 aliphatic rings. The number of benzene rings is 1. The van der Waals surface area contributed by atoms with Crippen LogP contribution in [0.3, 0.4) is 0 Å². The van der Waals surface area contributed by atoms with Crippen LogP contribution in [0.25, 0.3) is 0 Å². The van der Waals surface area contributed by atoms with Gasteiger partial charge in [0.15, 0.2) is 0 Å². The Bertz CT molecular complexity index is 625. The predicted molar refractivity (Wildman–Crippen MR) is 96.9 cm³/mol. The molecule has 2 heterocycles. The van der Waals surface area contributed by atoms with Crippen molar-refractivity contribution in [2.24, 2.45) is 0 Å². The van der Waals surface area contributed by atoms with E-state index in [1.807, 2.05) is 6.07 Å². The van der Waals surface area contributed by atoms with E-state index in [-0.39, 0.29) is 5.41 Å². The smallest absolute Gasteiger partial charge is 0.0931 e. The van der Waals surface area contributed by atoms with Gasteiger partial charge >= 0.3 is 0 Å². The molecule has 1 aliphatic heterocycles. The van der Waals surface area contributed by atoms with E-state index >= 15 is 0 Å². The Hall–Kier alpha value is -0.390. The lowest BCUT2D eigenvalue weighted by atomic mass is 9.74. The summed E-state index contributed by atoms with van der Waals surface area (Å²) in [7, 11) is 0. The molecule has 0 spiro atoms. The first-order chi connectivity index (χ1) is 10.7. The summed E-state index contributed by atoms with van der Waals surface area (Å²) >= 11 is 11.2. The van der Waals surface area contributed by atoms with Gasteiger partial charge in [0, 0.05) is 41.1 Å². The molecule has 1 saturated heterocycles. The van der Waals surface area contributed by atoms with Crippen molar-refractivity contribution in [1.82, 2.24) is 5.32 Å². The monoisotopic (exact) mass is 399 g/mol. The van der Waals surface area contributed by atoms with Crippen LogP contribution in [0.15, 0.2) is 40.9 Å². The maximum Gasteiger partial charge on any atom is 0.0931 e. The van der Waals surface area contributed by atoms with Crippen LogP contribution in [0.4, 0.5) is 0 Å². The van der Waals surface area contributed by atoms with Crippen molar-refractivity contribution in [1.29, 1.82) is 0 Å². The van der Waals surface area contributed by atoms with E-state index < -0.39 is 0 Å². The standard InChI is InChI=1S/C17H19BrClNOS/c18-14-3-1-2-13(10-14)17(6-8-21-9-7-17)12-20-11-15-4-5-16(19)22-15/h1-5,10,20H,6-9,11-12H2. The summed E-state index contributed by atoms with van der Waals surface area (Å²) < 4.78 is 7.58. The second-order valence-electron chi connectivity index (χ2n) is 5.71. The van der Waals surface area contributed by atoms with Gasteiger partial charge in [0.2, 0.25) is 0 Å². The van der Waals surface area contributed by atoms with Crippen LogP contribution >= 0.6 is 38.9 Å². The third-order valence-corrected chi connectivity index (χ3v) is 6.00. The summed E-state index contributed by atoms with van der Waals surface area (Å²) in [6.45, 7) is 3.49. The maximum atomic E-state index is 6.00. The zero-order valence-electron chi connectivity index (χ0n) is 12.3. The van der Waals surface area contributed by atoms with Crippen molar-refractivity contribution >= 4 is 38.9 Å². The highest BCUT2D eigenvalue weighted by Crippen LogP contribution is 2.35. The van der Waals surface area contributed by atoms with Crippen molar-refractivity contribution in [2.45, 2.75) is 24.8 Å². The van der Waals surface area contributed by atoms with E-state index in [1.165, 1.54) is 10.4 Å². The molecule has 0 bridgehead atoms. The number of thiophene rings is 1. The summed E-state index contributed by atoms with van der Waals surface area (Å²) in [6, 6.07) is 12.7. The third kappa shape index (κ3) is 3.92. The third-order valence-electron chi connectivity index (χ3n) is 4.28. The van der Waals surface area contributed by atoms with Crippen LogP contribution in [0, 0.1) is 0 Å². The predicted octanol–water partition coefficient (Wildman–Crippen LogP) is 5.00. The fraction of sp³-hybridized carbons (Fsp3) is 0.412. The first-order valence-electron chi connectivity index (χ1n) is 7.47. The molecule has 1 fully saturated rings. The summed E-state index contributed by atoms with van der Waals surface area (Å²) in [4.78, 5) is 1.28. The zero-order chi connectivity index (χ0) is 15.4. The average Bonchev–Trinajstić information content (AvgIpc) is 2.94. The molecular formula is C17H19BrClNOS. The second-order valence-corrected chi connectivity index (χ2v) is 8.43. The number of hydrogen-bond donors (Lipinski definition) is 1. The highest BCUT2D eigenvalue weighted by molar-refractivity contribution is 9.10. The molecule has 0 aliphatic carbocycles. The molecule has 0 unspecified atom stereocenters.